The molecular weight excluding hydrogens is 446 g/mol. The fourth-order valence-electron chi connectivity index (χ4n) is 5.58. The zero-order valence-corrected chi connectivity index (χ0v) is 21.9. The number of piperidine rings is 1. The minimum atomic E-state index is -0.560. The molecule has 4 rings (SSSR count). The molecule has 1 aromatic carbocycles. The third-order valence-corrected chi connectivity index (χ3v) is 8.86. The number of carbonyl (C=O) groups is 1. The van der Waals surface area contributed by atoms with Crippen LogP contribution in [0.15, 0.2) is 27.8 Å². The van der Waals surface area contributed by atoms with Gasteiger partial charge in [-0.25, -0.2) is 9.31 Å². The van der Waals surface area contributed by atoms with E-state index in [4.69, 9.17) is 4.99 Å². The molecule has 1 saturated heterocycles. The van der Waals surface area contributed by atoms with Crippen LogP contribution >= 0.6 is 11.9 Å². The fourth-order valence-corrected chi connectivity index (χ4v) is 6.40. The van der Waals surface area contributed by atoms with E-state index in [0.717, 1.165) is 67.3 Å². The summed E-state index contributed by atoms with van der Waals surface area (Å²) >= 11 is 1.72. The molecule has 1 N–H and O–H groups in total. The highest BCUT2D eigenvalue weighted by atomic mass is 32.2. The molecule has 1 aliphatic carbocycles. The molecule has 2 fully saturated rings. The Morgan fingerprint density at radius 2 is 1.82 bits per heavy atom. The molecule has 7 nitrogen and oxygen atoms in total. The van der Waals surface area contributed by atoms with E-state index in [1.165, 1.54) is 29.0 Å². The van der Waals surface area contributed by atoms with Crippen LogP contribution in [0.4, 0.5) is 5.69 Å². The number of amides is 1. The van der Waals surface area contributed by atoms with Crippen molar-refractivity contribution in [3.63, 3.8) is 0 Å². The molecule has 1 aromatic rings. The Morgan fingerprint density at radius 1 is 1.21 bits per heavy atom. The van der Waals surface area contributed by atoms with Crippen molar-refractivity contribution in [3.8, 4) is 0 Å². The summed E-state index contributed by atoms with van der Waals surface area (Å²) in [5.74, 6) is 2.29. The van der Waals surface area contributed by atoms with Crippen LogP contribution in [0.1, 0.15) is 69.1 Å². The van der Waals surface area contributed by atoms with E-state index in [0.29, 0.717) is 5.92 Å². The lowest BCUT2D eigenvalue weighted by Gasteiger charge is -2.34. The number of nitrogens with zero attached hydrogens (tertiary/aromatic N) is 4. The smallest absolute Gasteiger partial charge is 0.253 e. The molecule has 0 unspecified atom stereocenters. The van der Waals surface area contributed by atoms with Gasteiger partial charge in [-0.2, -0.15) is 0 Å². The molecule has 0 bridgehead atoms. The van der Waals surface area contributed by atoms with Gasteiger partial charge in [0, 0.05) is 26.1 Å². The first kappa shape index (κ1) is 24.9. The topological polar surface area (TPSA) is 77.4 Å². The second-order valence-corrected chi connectivity index (χ2v) is 11.3. The van der Waals surface area contributed by atoms with E-state index in [9.17, 15) is 9.70 Å². The van der Waals surface area contributed by atoms with Gasteiger partial charge in [0.1, 0.15) is 11.4 Å². The van der Waals surface area contributed by atoms with Crippen LogP contribution in [0.3, 0.4) is 0 Å². The summed E-state index contributed by atoms with van der Waals surface area (Å²) < 4.78 is 2.33. The summed E-state index contributed by atoms with van der Waals surface area (Å²) in [6.07, 6.45) is 6.28. The van der Waals surface area contributed by atoms with Gasteiger partial charge in [-0.15, -0.1) is 4.91 Å². The number of carbonyl (C=O) groups excluding carboxylic acids is 1. The van der Waals surface area contributed by atoms with E-state index < -0.39 is 5.54 Å². The Bertz CT molecular complexity index is 981. The molecule has 2 aliphatic heterocycles. The third kappa shape index (κ3) is 5.08. The van der Waals surface area contributed by atoms with Crippen molar-refractivity contribution in [3.05, 3.63) is 39.1 Å². The fraction of sp³-hybridized carbons (Fsp3) is 0.615. The molecule has 34 heavy (non-hydrogen) atoms. The highest BCUT2D eigenvalue weighted by molar-refractivity contribution is 8.00. The summed E-state index contributed by atoms with van der Waals surface area (Å²) in [6, 6.07) is 4.00. The molecule has 3 aliphatic rings. The van der Waals surface area contributed by atoms with Crippen molar-refractivity contribution in [2.75, 3.05) is 25.1 Å². The molecular formula is C26H37N5O2S. The van der Waals surface area contributed by atoms with E-state index in [-0.39, 0.29) is 5.91 Å². The van der Waals surface area contributed by atoms with Crippen LogP contribution in [0.25, 0.3) is 5.57 Å². The molecule has 8 heteroatoms. The van der Waals surface area contributed by atoms with Gasteiger partial charge in [0.05, 0.1) is 11.0 Å². The van der Waals surface area contributed by atoms with Crippen molar-refractivity contribution >= 4 is 35.0 Å². The van der Waals surface area contributed by atoms with Crippen LogP contribution in [-0.2, 0) is 4.79 Å². The van der Waals surface area contributed by atoms with E-state index in [1.54, 1.807) is 19.0 Å². The largest absolute Gasteiger partial charge is 0.312 e. The number of nitroso groups, excluding NO2 is 1. The summed E-state index contributed by atoms with van der Waals surface area (Å²) in [5.41, 5.74) is 4.89. The third-order valence-electron chi connectivity index (χ3n) is 7.74. The van der Waals surface area contributed by atoms with Crippen LogP contribution in [0, 0.1) is 30.6 Å². The minimum absolute atomic E-state index is 0.110. The average Bonchev–Trinajstić information content (AvgIpc) is 3.13. The zero-order valence-electron chi connectivity index (χ0n) is 21.1. The molecule has 1 spiro atoms. The number of allylic oxidation sites excluding steroid dienone is 1. The maximum absolute atomic E-state index is 12.9. The van der Waals surface area contributed by atoms with Crippen molar-refractivity contribution in [2.24, 2.45) is 22.1 Å². The average molecular weight is 484 g/mol. The van der Waals surface area contributed by atoms with Gasteiger partial charge in [0.25, 0.3) is 5.91 Å². The second kappa shape index (κ2) is 10.2. The number of hydrogen-bond acceptors (Lipinski definition) is 6. The van der Waals surface area contributed by atoms with Gasteiger partial charge in [-0.1, -0.05) is 19.8 Å². The van der Waals surface area contributed by atoms with E-state index >= 15 is 0 Å². The Kier molecular flexibility index (Phi) is 7.48. The van der Waals surface area contributed by atoms with Gasteiger partial charge < -0.3 is 5.32 Å². The predicted octanol–water partition coefficient (Wildman–Crippen LogP) is 5.62. The van der Waals surface area contributed by atoms with Crippen molar-refractivity contribution in [1.82, 2.24) is 9.62 Å². The summed E-state index contributed by atoms with van der Waals surface area (Å²) in [6.45, 7) is 10.3. The SMILES string of the molecule is C/C(=C\SN1CCC2(CC1)N=C(C1CCC(C)CC1)NC2=O)c1c(C)cc(N(C)N=O)cc1C. The standard InChI is InChI=1S/C26H37N5O2S/c1-17-6-8-21(9-7-17)24-27-25(32)26(28-24)10-12-31(13-11-26)34-16-20(4)23-18(2)14-22(15-19(23)3)30(5)29-33/h14-17,21H,6-13H2,1-5H3,(H,27,28,32)/b20-16+. The molecule has 0 atom stereocenters. The molecule has 2 heterocycles. The number of hydrogen-bond donors (Lipinski definition) is 1. The zero-order chi connectivity index (χ0) is 24.5. The summed E-state index contributed by atoms with van der Waals surface area (Å²) in [5, 5.41) is 9.71. The summed E-state index contributed by atoms with van der Waals surface area (Å²) in [4.78, 5) is 28.8. The highest BCUT2D eigenvalue weighted by Crippen LogP contribution is 2.37. The van der Waals surface area contributed by atoms with Crippen LogP contribution < -0.4 is 10.3 Å². The van der Waals surface area contributed by atoms with Gasteiger partial charge in [-0.05, 0) is 104 Å². The molecule has 0 aromatic heterocycles. The van der Waals surface area contributed by atoms with Crippen molar-refractivity contribution in [1.29, 1.82) is 0 Å². The Labute approximate surface area is 207 Å². The molecule has 0 radical (unpaired) electrons. The first-order chi connectivity index (χ1) is 16.2. The number of rotatable bonds is 6. The van der Waals surface area contributed by atoms with Crippen LogP contribution in [-0.4, -0.2) is 41.7 Å². The number of aryl methyl sites for hydroxylation is 2. The molecule has 1 saturated carbocycles. The first-order valence-corrected chi connectivity index (χ1v) is 13.2. The molecule has 1 amide bonds. The maximum atomic E-state index is 12.9. The lowest BCUT2D eigenvalue weighted by atomic mass is 9.82. The van der Waals surface area contributed by atoms with E-state index in [2.05, 4.69) is 48.0 Å². The monoisotopic (exact) mass is 483 g/mol. The minimum Gasteiger partial charge on any atom is -0.312 e. The quantitative estimate of drug-likeness (QED) is 0.323. The first-order valence-electron chi connectivity index (χ1n) is 12.4. The van der Waals surface area contributed by atoms with Gasteiger partial charge in [0.15, 0.2) is 0 Å². The van der Waals surface area contributed by atoms with Crippen LogP contribution in [0.5, 0.6) is 0 Å². The maximum Gasteiger partial charge on any atom is 0.253 e. The van der Waals surface area contributed by atoms with Crippen molar-refractivity contribution in [2.45, 2.75) is 71.8 Å². The van der Waals surface area contributed by atoms with Gasteiger partial charge in [0.2, 0.25) is 0 Å². The number of benzene rings is 1. The Balaban J connectivity index is 1.38. The normalized spacial score (nSPS) is 25.3. The van der Waals surface area contributed by atoms with E-state index in [1.807, 2.05) is 12.1 Å². The highest BCUT2D eigenvalue weighted by Gasteiger charge is 2.47. The Hall–Kier alpha value is -2.19. The number of amidine groups is 1. The van der Waals surface area contributed by atoms with Gasteiger partial charge in [-0.3, -0.25) is 9.79 Å². The lowest BCUT2D eigenvalue weighted by Crippen LogP contribution is -2.47. The number of aliphatic imine (C=N–C) groups is 1. The predicted molar refractivity (Wildman–Crippen MR) is 142 cm³/mol. The Morgan fingerprint density at radius 3 is 2.41 bits per heavy atom. The summed E-state index contributed by atoms with van der Waals surface area (Å²) in [7, 11) is 1.66. The second-order valence-electron chi connectivity index (χ2n) is 10.3. The van der Waals surface area contributed by atoms with Crippen LogP contribution in [0.2, 0.25) is 0 Å². The molecule has 184 valence electrons. The van der Waals surface area contributed by atoms with Crippen molar-refractivity contribution < 1.29 is 4.79 Å². The number of anilines is 1. The lowest BCUT2D eigenvalue weighted by molar-refractivity contribution is -0.124. The number of nitrogens with one attached hydrogen (secondary N) is 1. The van der Waals surface area contributed by atoms with Gasteiger partial charge >= 0.3 is 0 Å².